The van der Waals surface area contributed by atoms with Crippen molar-refractivity contribution in [1.82, 2.24) is 4.98 Å². The number of pyridine rings is 1. The van der Waals surface area contributed by atoms with Crippen LogP contribution in [0.15, 0.2) is 72.8 Å². The molecule has 5 heteroatoms. The van der Waals surface area contributed by atoms with Crippen molar-refractivity contribution in [2.24, 2.45) is 0 Å². The molecule has 0 spiro atoms. The zero-order valence-electron chi connectivity index (χ0n) is 16.0. The molecule has 0 bridgehead atoms. The van der Waals surface area contributed by atoms with Gasteiger partial charge in [-0.05, 0) is 60.5 Å². The van der Waals surface area contributed by atoms with E-state index >= 15 is 0 Å². The lowest BCUT2D eigenvalue weighted by Crippen LogP contribution is -2.05. The van der Waals surface area contributed by atoms with Gasteiger partial charge in [-0.15, -0.1) is 0 Å². The van der Waals surface area contributed by atoms with Crippen molar-refractivity contribution in [1.29, 1.82) is 0 Å². The second-order valence-corrected chi connectivity index (χ2v) is 7.68. The number of carbonyl (C=O) groups excluding carboxylic acids is 1. The van der Waals surface area contributed by atoms with E-state index in [4.69, 9.17) is 23.2 Å². The number of halogens is 3. The first kappa shape index (κ1) is 20.3. The standard InChI is InChI=1S/C25H16Cl2FNO/c1-15-24(23(30)12-8-16-7-10-19(28)14-21(16)27)25(17-5-3-2-4-6-17)20-13-18(26)9-11-22(20)29-15/h2-14H,1H3. The van der Waals surface area contributed by atoms with Gasteiger partial charge in [0, 0.05) is 21.7 Å². The van der Waals surface area contributed by atoms with Crippen LogP contribution in [0.5, 0.6) is 0 Å². The molecular weight excluding hydrogens is 420 g/mol. The smallest absolute Gasteiger partial charge is 0.188 e. The largest absolute Gasteiger partial charge is 0.289 e. The summed E-state index contributed by atoms with van der Waals surface area (Å²) in [5, 5.41) is 1.61. The second kappa shape index (κ2) is 8.39. The number of aryl methyl sites for hydroxylation is 1. The second-order valence-electron chi connectivity index (χ2n) is 6.84. The molecule has 3 aromatic carbocycles. The Hall–Kier alpha value is -3.01. The van der Waals surface area contributed by atoms with Gasteiger partial charge in [0.2, 0.25) is 0 Å². The first-order valence-electron chi connectivity index (χ1n) is 9.27. The molecule has 0 atom stereocenters. The van der Waals surface area contributed by atoms with Crippen molar-refractivity contribution >= 4 is 46.0 Å². The summed E-state index contributed by atoms with van der Waals surface area (Å²) in [6.45, 7) is 1.81. The van der Waals surface area contributed by atoms with Crippen LogP contribution in [0.3, 0.4) is 0 Å². The normalized spacial score (nSPS) is 11.3. The fourth-order valence-corrected chi connectivity index (χ4v) is 3.85. The fourth-order valence-electron chi connectivity index (χ4n) is 3.45. The van der Waals surface area contributed by atoms with Gasteiger partial charge in [0.05, 0.1) is 16.1 Å². The average Bonchev–Trinajstić information content (AvgIpc) is 2.73. The van der Waals surface area contributed by atoms with Crippen molar-refractivity contribution in [3.8, 4) is 11.1 Å². The van der Waals surface area contributed by atoms with Crippen LogP contribution in [0, 0.1) is 12.7 Å². The number of carbonyl (C=O) groups is 1. The molecule has 2 nitrogen and oxygen atoms in total. The third-order valence-electron chi connectivity index (χ3n) is 4.81. The van der Waals surface area contributed by atoms with E-state index in [0.717, 1.165) is 22.0 Å². The van der Waals surface area contributed by atoms with Gasteiger partial charge < -0.3 is 0 Å². The van der Waals surface area contributed by atoms with Gasteiger partial charge in [-0.25, -0.2) is 4.39 Å². The summed E-state index contributed by atoms with van der Waals surface area (Å²) in [4.78, 5) is 17.9. The minimum atomic E-state index is -0.429. The molecule has 0 N–H and O–H groups in total. The van der Waals surface area contributed by atoms with Crippen molar-refractivity contribution in [2.45, 2.75) is 6.92 Å². The van der Waals surface area contributed by atoms with E-state index in [0.29, 0.717) is 21.8 Å². The van der Waals surface area contributed by atoms with Gasteiger partial charge in [0.1, 0.15) is 5.82 Å². The zero-order valence-corrected chi connectivity index (χ0v) is 17.5. The molecule has 0 unspecified atom stereocenters. The van der Waals surface area contributed by atoms with Crippen LogP contribution in [0.2, 0.25) is 10.0 Å². The van der Waals surface area contributed by atoms with Crippen molar-refractivity contribution in [2.75, 3.05) is 0 Å². The van der Waals surface area contributed by atoms with Gasteiger partial charge in [0.25, 0.3) is 0 Å². The molecule has 0 aliphatic rings. The van der Waals surface area contributed by atoms with Crippen LogP contribution < -0.4 is 0 Å². The predicted molar refractivity (Wildman–Crippen MR) is 122 cm³/mol. The maximum atomic E-state index is 13.3. The van der Waals surface area contributed by atoms with E-state index in [1.807, 2.05) is 49.4 Å². The molecule has 4 rings (SSSR count). The van der Waals surface area contributed by atoms with E-state index < -0.39 is 5.82 Å². The molecule has 4 aromatic rings. The van der Waals surface area contributed by atoms with Gasteiger partial charge >= 0.3 is 0 Å². The Kier molecular flexibility index (Phi) is 5.67. The van der Waals surface area contributed by atoms with E-state index in [9.17, 15) is 9.18 Å². The Balaban J connectivity index is 1.90. The summed E-state index contributed by atoms with van der Waals surface area (Å²) < 4.78 is 13.3. The molecule has 1 aromatic heterocycles. The number of rotatable bonds is 4. The SMILES string of the molecule is Cc1nc2ccc(Cl)cc2c(-c2ccccc2)c1C(=O)C=Cc1ccc(F)cc1Cl. The topological polar surface area (TPSA) is 30.0 Å². The fraction of sp³-hybridized carbons (Fsp3) is 0.0400. The van der Waals surface area contributed by atoms with Crippen molar-refractivity contribution in [3.63, 3.8) is 0 Å². The van der Waals surface area contributed by atoms with E-state index in [1.165, 1.54) is 24.3 Å². The Bertz CT molecular complexity index is 1300. The van der Waals surface area contributed by atoms with Crippen LogP contribution in [0.4, 0.5) is 4.39 Å². The number of hydrogen-bond donors (Lipinski definition) is 0. The molecule has 0 saturated carbocycles. The Morgan fingerprint density at radius 3 is 2.50 bits per heavy atom. The minimum absolute atomic E-state index is 0.221. The maximum absolute atomic E-state index is 13.3. The van der Waals surface area contributed by atoms with Crippen LogP contribution >= 0.6 is 23.2 Å². The zero-order chi connectivity index (χ0) is 21.3. The van der Waals surface area contributed by atoms with Crippen molar-refractivity contribution in [3.05, 3.63) is 105 Å². The summed E-state index contributed by atoms with van der Waals surface area (Å²) in [7, 11) is 0. The third kappa shape index (κ3) is 4.00. The van der Waals surface area contributed by atoms with E-state index in [-0.39, 0.29) is 10.8 Å². The molecule has 0 fully saturated rings. The summed E-state index contributed by atoms with van der Waals surface area (Å²) in [6, 6.07) is 19.2. The highest BCUT2D eigenvalue weighted by atomic mass is 35.5. The highest BCUT2D eigenvalue weighted by Gasteiger charge is 2.19. The van der Waals surface area contributed by atoms with Gasteiger partial charge in [-0.1, -0.05) is 59.6 Å². The van der Waals surface area contributed by atoms with Crippen LogP contribution in [-0.4, -0.2) is 10.8 Å². The van der Waals surface area contributed by atoms with Gasteiger partial charge in [-0.2, -0.15) is 0 Å². The summed E-state index contributed by atoms with van der Waals surface area (Å²) in [5.74, 6) is -0.651. The number of benzene rings is 3. The third-order valence-corrected chi connectivity index (χ3v) is 5.38. The number of ketones is 1. The van der Waals surface area contributed by atoms with Crippen molar-refractivity contribution < 1.29 is 9.18 Å². The lowest BCUT2D eigenvalue weighted by molar-refractivity contribution is 0.104. The lowest BCUT2D eigenvalue weighted by Gasteiger charge is -2.14. The van der Waals surface area contributed by atoms with Crippen LogP contribution in [-0.2, 0) is 0 Å². The summed E-state index contributed by atoms with van der Waals surface area (Å²) in [5.41, 5.74) is 4.10. The van der Waals surface area contributed by atoms with Crippen LogP contribution in [0.1, 0.15) is 21.6 Å². The quantitative estimate of drug-likeness (QED) is 0.244. The van der Waals surface area contributed by atoms with Gasteiger partial charge in [-0.3, -0.25) is 9.78 Å². The molecule has 0 radical (unpaired) electrons. The molecule has 30 heavy (non-hydrogen) atoms. The number of nitrogens with zero attached hydrogens (tertiary/aromatic N) is 1. The monoisotopic (exact) mass is 435 g/mol. The minimum Gasteiger partial charge on any atom is -0.289 e. The number of hydrogen-bond acceptors (Lipinski definition) is 2. The summed E-state index contributed by atoms with van der Waals surface area (Å²) >= 11 is 12.3. The lowest BCUT2D eigenvalue weighted by atomic mass is 9.92. The first-order chi connectivity index (χ1) is 14.4. The number of allylic oxidation sites excluding steroid dienone is 1. The molecule has 148 valence electrons. The van der Waals surface area contributed by atoms with Crippen LogP contribution in [0.25, 0.3) is 28.1 Å². The molecule has 0 saturated heterocycles. The predicted octanol–water partition coefficient (Wildman–Crippen LogP) is 7.55. The Morgan fingerprint density at radius 2 is 1.77 bits per heavy atom. The van der Waals surface area contributed by atoms with E-state index in [2.05, 4.69) is 4.98 Å². The Labute approximate surface area is 183 Å². The highest BCUT2D eigenvalue weighted by Crippen LogP contribution is 2.35. The highest BCUT2D eigenvalue weighted by molar-refractivity contribution is 6.32. The summed E-state index contributed by atoms with van der Waals surface area (Å²) in [6.07, 6.45) is 3.02. The molecule has 0 aliphatic carbocycles. The molecule has 0 amide bonds. The number of fused-ring (bicyclic) bond motifs is 1. The average molecular weight is 436 g/mol. The molecular formula is C25H16Cl2FNO. The number of aromatic nitrogens is 1. The molecule has 1 heterocycles. The van der Waals surface area contributed by atoms with Gasteiger partial charge in [0.15, 0.2) is 5.78 Å². The van der Waals surface area contributed by atoms with E-state index in [1.54, 1.807) is 12.1 Å². The maximum Gasteiger partial charge on any atom is 0.188 e. The first-order valence-corrected chi connectivity index (χ1v) is 10.0. The Morgan fingerprint density at radius 1 is 1.00 bits per heavy atom. The molecule has 0 aliphatic heterocycles.